The fraction of sp³-hybridized carbons (Fsp3) is 0.615. The van der Waals surface area contributed by atoms with E-state index in [1.165, 1.54) is 0 Å². The van der Waals surface area contributed by atoms with Crippen LogP contribution in [0.1, 0.15) is 38.3 Å². The highest BCUT2D eigenvalue weighted by atomic mass is 35.5. The Morgan fingerprint density at radius 3 is 2.79 bits per heavy atom. The van der Waals surface area contributed by atoms with Crippen molar-refractivity contribution >= 4 is 29.0 Å². The van der Waals surface area contributed by atoms with E-state index >= 15 is 0 Å². The number of anilines is 2. The van der Waals surface area contributed by atoms with Gasteiger partial charge in [-0.1, -0.05) is 13.8 Å². The molecular weight excluding hydrogens is 264 g/mol. The molecule has 0 N–H and O–H groups in total. The van der Waals surface area contributed by atoms with E-state index in [0.29, 0.717) is 0 Å². The number of amides is 1. The number of carbonyl (C=O) groups excluding carboxylic acids is 1. The van der Waals surface area contributed by atoms with Crippen LogP contribution in [-0.4, -0.2) is 35.5 Å². The zero-order chi connectivity index (χ0) is 13.7. The van der Waals surface area contributed by atoms with Crippen molar-refractivity contribution in [3.8, 4) is 0 Å². The number of hydrogen-bond donors (Lipinski definition) is 0. The van der Waals surface area contributed by atoms with Crippen LogP contribution in [0.2, 0.25) is 5.28 Å². The third-order valence-corrected chi connectivity index (χ3v) is 4.06. The van der Waals surface area contributed by atoms with Crippen LogP contribution in [0.3, 0.4) is 0 Å². The largest absolute Gasteiger partial charge is 0.343 e. The second kappa shape index (κ2) is 4.34. The normalized spacial score (nSPS) is 21.9. The Labute approximate surface area is 117 Å². The van der Waals surface area contributed by atoms with Crippen molar-refractivity contribution in [3.63, 3.8) is 0 Å². The van der Waals surface area contributed by atoms with Gasteiger partial charge in [-0.15, -0.1) is 0 Å². The van der Waals surface area contributed by atoms with Crippen LogP contribution in [0.15, 0.2) is 0 Å². The minimum Gasteiger partial charge on any atom is -0.343 e. The predicted molar refractivity (Wildman–Crippen MR) is 74.9 cm³/mol. The zero-order valence-electron chi connectivity index (χ0n) is 11.4. The lowest BCUT2D eigenvalue weighted by Crippen LogP contribution is -2.50. The molecule has 0 radical (unpaired) electrons. The van der Waals surface area contributed by atoms with Crippen LogP contribution >= 0.6 is 11.6 Å². The maximum atomic E-state index is 12.4. The Morgan fingerprint density at radius 1 is 1.37 bits per heavy atom. The first-order chi connectivity index (χ1) is 9.00. The Kier molecular flexibility index (Phi) is 2.89. The summed E-state index contributed by atoms with van der Waals surface area (Å²) in [6.45, 7) is 4.96. The highest BCUT2D eigenvalue weighted by Crippen LogP contribution is 2.42. The number of hydrogen-bond acceptors (Lipinski definition) is 4. The van der Waals surface area contributed by atoms with Crippen LogP contribution in [-0.2, 0) is 4.79 Å². The summed E-state index contributed by atoms with van der Waals surface area (Å²) in [6, 6.07) is -0.0801. The quantitative estimate of drug-likeness (QED) is 0.740. The highest BCUT2D eigenvalue weighted by Gasteiger charge is 2.42. The van der Waals surface area contributed by atoms with Crippen molar-refractivity contribution in [2.75, 3.05) is 23.4 Å². The minimum atomic E-state index is -0.0801. The van der Waals surface area contributed by atoms with Gasteiger partial charge in [0.25, 0.3) is 0 Å². The topological polar surface area (TPSA) is 49.3 Å². The molecular formula is C13H17ClN4O. The molecule has 0 aliphatic carbocycles. The lowest BCUT2D eigenvalue weighted by atomic mass is 10.0. The van der Waals surface area contributed by atoms with E-state index in [0.717, 1.165) is 36.6 Å². The molecule has 6 heteroatoms. The second-order valence-corrected chi connectivity index (χ2v) is 5.79. The molecule has 1 saturated heterocycles. The molecule has 1 aromatic heterocycles. The molecule has 1 unspecified atom stereocenters. The average Bonchev–Trinajstić information content (AvgIpc) is 2.84. The molecule has 1 atom stereocenters. The van der Waals surface area contributed by atoms with Crippen molar-refractivity contribution in [2.45, 2.75) is 38.6 Å². The number of fused-ring (bicyclic) bond motifs is 3. The molecule has 5 nitrogen and oxygen atoms in total. The number of carbonyl (C=O) groups is 1. The first-order valence-corrected chi connectivity index (χ1v) is 7.00. The van der Waals surface area contributed by atoms with Gasteiger partial charge in [0, 0.05) is 13.6 Å². The van der Waals surface area contributed by atoms with Gasteiger partial charge in [0.05, 0.1) is 5.69 Å². The molecule has 0 spiro atoms. The maximum absolute atomic E-state index is 12.4. The van der Waals surface area contributed by atoms with Crippen molar-refractivity contribution in [2.24, 2.45) is 0 Å². The molecule has 0 saturated carbocycles. The van der Waals surface area contributed by atoms with Crippen LogP contribution < -0.4 is 9.80 Å². The van der Waals surface area contributed by atoms with Gasteiger partial charge in [0.2, 0.25) is 11.2 Å². The third-order valence-electron chi connectivity index (χ3n) is 3.89. The van der Waals surface area contributed by atoms with E-state index in [2.05, 4.69) is 14.9 Å². The minimum absolute atomic E-state index is 0.0801. The van der Waals surface area contributed by atoms with Gasteiger partial charge < -0.3 is 9.80 Å². The first kappa shape index (κ1) is 12.7. The van der Waals surface area contributed by atoms with Gasteiger partial charge in [-0.25, -0.2) is 4.98 Å². The first-order valence-electron chi connectivity index (χ1n) is 6.62. The van der Waals surface area contributed by atoms with E-state index in [-0.39, 0.29) is 23.2 Å². The molecule has 2 aliphatic heterocycles. The van der Waals surface area contributed by atoms with Crippen LogP contribution in [0.25, 0.3) is 0 Å². The molecule has 2 aliphatic rings. The smallest absolute Gasteiger partial charge is 0.249 e. The van der Waals surface area contributed by atoms with Crippen LogP contribution in [0, 0.1) is 0 Å². The Hall–Kier alpha value is -1.36. The lowest BCUT2D eigenvalue weighted by Gasteiger charge is -2.38. The van der Waals surface area contributed by atoms with E-state index < -0.39 is 0 Å². The highest BCUT2D eigenvalue weighted by molar-refractivity contribution is 6.28. The molecule has 3 heterocycles. The lowest BCUT2D eigenvalue weighted by molar-refractivity contribution is -0.119. The zero-order valence-corrected chi connectivity index (χ0v) is 12.1. The average molecular weight is 281 g/mol. The van der Waals surface area contributed by atoms with Crippen LogP contribution in [0.5, 0.6) is 0 Å². The van der Waals surface area contributed by atoms with E-state index in [4.69, 9.17) is 11.6 Å². The van der Waals surface area contributed by atoms with Crippen molar-refractivity contribution in [3.05, 3.63) is 11.0 Å². The number of nitrogens with zero attached hydrogens (tertiary/aromatic N) is 4. The molecule has 3 rings (SSSR count). The molecule has 0 aromatic carbocycles. The standard InChI is InChI=1S/C13H17ClN4O/c1-7(2)9-10-11(16-13(14)15-9)18-6-4-5-8(18)12(19)17(10)3/h7-8H,4-6H2,1-3H3. The summed E-state index contributed by atoms with van der Waals surface area (Å²) in [5.74, 6) is 1.15. The van der Waals surface area contributed by atoms with E-state index in [1.54, 1.807) is 11.9 Å². The molecule has 1 amide bonds. The molecule has 0 bridgehead atoms. The third kappa shape index (κ3) is 1.79. The van der Waals surface area contributed by atoms with Gasteiger partial charge in [-0.2, -0.15) is 4.98 Å². The summed E-state index contributed by atoms with van der Waals surface area (Å²) in [7, 11) is 1.81. The predicted octanol–water partition coefficient (Wildman–Crippen LogP) is 2.20. The Bertz CT molecular complexity index is 546. The van der Waals surface area contributed by atoms with E-state index in [1.807, 2.05) is 13.8 Å². The summed E-state index contributed by atoms with van der Waals surface area (Å²) < 4.78 is 0. The fourth-order valence-electron chi connectivity index (χ4n) is 2.97. The van der Waals surface area contributed by atoms with Crippen LogP contribution in [0.4, 0.5) is 11.5 Å². The molecule has 102 valence electrons. The van der Waals surface area contributed by atoms with Crippen molar-refractivity contribution in [1.82, 2.24) is 9.97 Å². The van der Waals surface area contributed by atoms with Gasteiger partial charge in [0.1, 0.15) is 11.7 Å². The second-order valence-electron chi connectivity index (χ2n) is 5.45. The van der Waals surface area contributed by atoms with Gasteiger partial charge >= 0.3 is 0 Å². The van der Waals surface area contributed by atoms with Gasteiger partial charge in [0.15, 0.2) is 5.82 Å². The monoisotopic (exact) mass is 280 g/mol. The number of aromatic nitrogens is 2. The molecule has 1 fully saturated rings. The summed E-state index contributed by atoms with van der Waals surface area (Å²) >= 11 is 6.05. The van der Waals surface area contributed by atoms with Gasteiger partial charge in [-0.05, 0) is 30.4 Å². The van der Waals surface area contributed by atoms with Gasteiger partial charge in [-0.3, -0.25) is 4.79 Å². The van der Waals surface area contributed by atoms with Crippen molar-refractivity contribution < 1.29 is 4.79 Å². The summed E-state index contributed by atoms with van der Waals surface area (Å²) in [4.78, 5) is 24.9. The molecule has 1 aromatic rings. The SMILES string of the molecule is CC(C)c1nc(Cl)nc2c1N(C)C(=O)C1CCCN21. The molecule has 19 heavy (non-hydrogen) atoms. The number of halogens is 1. The summed E-state index contributed by atoms with van der Waals surface area (Å²) in [5.41, 5.74) is 1.67. The van der Waals surface area contributed by atoms with Crippen molar-refractivity contribution in [1.29, 1.82) is 0 Å². The summed E-state index contributed by atoms with van der Waals surface area (Å²) in [5, 5.41) is 0.260. The number of rotatable bonds is 1. The fourth-order valence-corrected chi connectivity index (χ4v) is 3.14. The summed E-state index contributed by atoms with van der Waals surface area (Å²) in [6.07, 6.45) is 1.91. The van der Waals surface area contributed by atoms with E-state index in [9.17, 15) is 4.79 Å². The maximum Gasteiger partial charge on any atom is 0.249 e. The Morgan fingerprint density at radius 2 is 2.11 bits per heavy atom. The number of likely N-dealkylation sites (N-methyl/N-ethyl adjacent to an activating group) is 1. The Balaban J connectivity index is 2.24.